The molecule has 0 aliphatic carbocycles. The third-order valence-corrected chi connectivity index (χ3v) is 18.2. The highest BCUT2D eigenvalue weighted by atomic mass is 28.4. The van der Waals surface area contributed by atoms with Gasteiger partial charge in [0.1, 0.15) is 18.5 Å². The summed E-state index contributed by atoms with van der Waals surface area (Å²) in [5, 5.41) is 3.77. The van der Waals surface area contributed by atoms with Crippen molar-refractivity contribution in [2.75, 3.05) is 6.61 Å². The van der Waals surface area contributed by atoms with Gasteiger partial charge in [-0.05, 0) is 55.5 Å². The van der Waals surface area contributed by atoms with Crippen molar-refractivity contribution in [2.45, 2.75) is 153 Å². The highest BCUT2D eigenvalue weighted by Gasteiger charge is 2.64. The van der Waals surface area contributed by atoms with Gasteiger partial charge in [-0.2, -0.15) is 0 Å². The van der Waals surface area contributed by atoms with Crippen LogP contribution in [-0.2, 0) is 23.2 Å². The van der Waals surface area contributed by atoms with E-state index in [2.05, 4.69) is 46.9 Å². The van der Waals surface area contributed by atoms with Crippen LogP contribution >= 0.6 is 0 Å². The van der Waals surface area contributed by atoms with Crippen LogP contribution in [0.5, 0.6) is 0 Å². The van der Waals surface area contributed by atoms with E-state index < -0.39 is 22.4 Å². The van der Waals surface area contributed by atoms with Crippen molar-refractivity contribution >= 4 is 28.4 Å². The third-order valence-electron chi connectivity index (χ3n) is 8.89. The lowest BCUT2D eigenvalue weighted by molar-refractivity contribution is -0.149. The van der Waals surface area contributed by atoms with Gasteiger partial charge in [-0.1, -0.05) is 60.8 Å². The first kappa shape index (κ1) is 30.7. The molecule has 2 fully saturated rings. The van der Waals surface area contributed by atoms with E-state index in [4.69, 9.17) is 13.6 Å². The number of fused-ring (bicyclic) bond motifs is 1. The maximum Gasteiger partial charge on any atom is 0.305 e. The summed E-state index contributed by atoms with van der Waals surface area (Å²) in [7, 11) is -3.90. The van der Waals surface area contributed by atoms with Crippen LogP contribution in [-0.4, -0.2) is 52.9 Å². The Hall–Kier alpha value is -0.546. The average molecular weight is 528 g/mol. The van der Waals surface area contributed by atoms with Gasteiger partial charge >= 0.3 is 5.97 Å². The van der Waals surface area contributed by atoms with E-state index in [9.17, 15) is 9.59 Å². The third kappa shape index (κ3) is 8.22. The summed E-state index contributed by atoms with van der Waals surface area (Å²) >= 11 is 0. The van der Waals surface area contributed by atoms with Crippen molar-refractivity contribution in [1.29, 1.82) is 0 Å². The second-order valence-electron chi connectivity index (χ2n) is 10.7. The molecule has 2 rings (SSSR count). The zero-order valence-electron chi connectivity index (χ0n) is 23.5. The Morgan fingerprint density at radius 1 is 0.800 bits per heavy atom. The Morgan fingerprint density at radius 2 is 1.37 bits per heavy atom. The predicted molar refractivity (Wildman–Crippen MR) is 148 cm³/mol. The molecule has 0 radical (unpaired) electrons. The molecule has 6 nitrogen and oxygen atoms in total. The minimum atomic E-state index is -1.97. The summed E-state index contributed by atoms with van der Waals surface area (Å²) < 4.78 is 20.1. The number of hydrogen-bond acceptors (Lipinski definition) is 6. The molecule has 2 saturated heterocycles. The monoisotopic (exact) mass is 527 g/mol. The van der Waals surface area contributed by atoms with Gasteiger partial charge < -0.3 is 13.6 Å². The Labute approximate surface area is 216 Å². The Bertz CT molecular complexity index is 651. The lowest BCUT2D eigenvalue weighted by Gasteiger charge is -2.41. The maximum atomic E-state index is 12.7. The second-order valence-corrected chi connectivity index (χ2v) is 20.1. The number of cyclic esters (lactones) is 1. The lowest BCUT2D eigenvalue weighted by atomic mass is 10.0. The van der Waals surface area contributed by atoms with E-state index in [1.807, 2.05) is 0 Å². The maximum absolute atomic E-state index is 12.7. The van der Waals surface area contributed by atoms with Crippen LogP contribution in [0.3, 0.4) is 0 Å². The molecule has 8 heteroatoms. The summed E-state index contributed by atoms with van der Waals surface area (Å²) in [6.07, 6.45) is 7.00. The van der Waals surface area contributed by atoms with Gasteiger partial charge in [-0.3, -0.25) is 14.9 Å². The van der Waals surface area contributed by atoms with Crippen LogP contribution < -0.4 is 5.32 Å². The number of ketones is 1. The fourth-order valence-electron chi connectivity index (χ4n) is 5.69. The van der Waals surface area contributed by atoms with Crippen LogP contribution in [0.4, 0.5) is 0 Å². The SMILES string of the molecule is CC[Si](CC)(CC)OC1COC(=O)CCCC(=O)CCCCCCC2NC21O[Si](CC)(CC)CC. The Balaban J connectivity index is 2.35. The molecule has 0 saturated carbocycles. The Kier molecular flexibility index (Phi) is 12.6. The van der Waals surface area contributed by atoms with Gasteiger partial charge in [-0.15, -0.1) is 0 Å². The van der Waals surface area contributed by atoms with Crippen molar-refractivity contribution in [3.63, 3.8) is 0 Å². The standard InChI is InChI=1S/C27H53NO5Si2/c1-7-34(8-2,9-3)32-25-22-31-26(30)21-17-19-23(29)18-15-13-14-16-20-24-27(25,28-24)33-35(10-4,11-5)12-6/h24-25,28H,7-22H2,1-6H3. The van der Waals surface area contributed by atoms with Crippen molar-refractivity contribution in [1.82, 2.24) is 5.32 Å². The van der Waals surface area contributed by atoms with Gasteiger partial charge in [0.05, 0.1) is 6.04 Å². The van der Waals surface area contributed by atoms with Crippen molar-refractivity contribution in [3.8, 4) is 0 Å². The Morgan fingerprint density at radius 3 is 1.97 bits per heavy atom. The quantitative estimate of drug-likeness (QED) is 0.193. The fourth-order valence-corrected chi connectivity index (χ4v) is 11.5. The van der Waals surface area contributed by atoms with Gasteiger partial charge in [0.2, 0.25) is 0 Å². The molecule has 3 unspecified atom stereocenters. The van der Waals surface area contributed by atoms with Crippen molar-refractivity contribution < 1.29 is 23.2 Å². The molecule has 2 aliphatic heterocycles. The topological polar surface area (TPSA) is 83.8 Å². The molecule has 0 amide bonds. The number of hydrogen-bond donors (Lipinski definition) is 1. The molecule has 1 N–H and O–H groups in total. The molecule has 2 aliphatic rings. The molecule has 0 spiro atoms. The van der Waals surface area contributed by atoms with Crippen LogP contribution in [0.1, 0.15) is 99.3 Å². The molecule has 0 aromatic heterocycles. The van der Waals surface area contributed by atoms with E-state index in [1.54, 1.807) is 0 Å². The normalized spacial score (nSPS) is 27.8. The number of nitrogens with one attached hydrogen (secondary N) is 1. The first-order valence-corrected chi connectivity index (χ1v) is 19.7. The minimum Gasteiger partial charge on any atom is -0.463 e. The number of carbonyl (C=O) groups excluding carboxylic acids is 2. The van der Waals surface area contributed by atoms with Gasteiger partial charge in [0.25, 0.3) is 0 Å². The van der Waals surface area contributed by atoms with Crippen molar-refractivity contribution in [3.05, 3.63) is 0 Å². The number of ether oxygens (including phenoxy) is 1. The minimum absolute atomic E-state index is 0.229. The lowest BCUT2D eigenvalue weighted by Crippen LogP contribution is -2.55. The van der Waals surface area contributed by atoms with E-state index >= 15 is 0 Å². The molecular formula is C27H53NO5Si2. The summed E-state index contributed by atoms with van der Waals surface area (Å²) in [5.74, 6) is 0.0413. The summed E-state index contributed by atoms with van der Waals surface area (Å²) in [4.78, 5) is 24.8. The van der Waals surface area contributed by atoms with Crippen LogP contribution in [0.2, 0.25) is 36.3 Å². The summed E-state index contributed by atoms with van der Waals surface area (Å²) in [6.45, 7) is 13.8. The average Bonchev–Trinajstić information content (AvgIpc) is 3.57. The molecule has 204 valence electrons. The molecule has 0 aromatic rings. The molecule has 0 bridgehead atoms. The zero-order valence-corrected chi connectivity index (χ0v) is 25.5. The largest absolute Gasteiger partial charge is 0.463 e. The van der Waals surface area contributed by atoms with E-state index in [-0.39, 0.29) is 30.5 Å². The summed E-state index contributed by atoms with van der Waals surface area (Å²) in [6, 6.07) is 6.61. The van der Waals surface area contributed by atoms with E-state index in [0.29, 0.717) is 25.7 Å². The molecule has 0 aromatic carbocycles. The predicted octanol–water partition coefficient (Wildman–Crippen LogP) is 6.70. The highest BCUT2D eigenvalue weighted by Crippen LogP contribution is 2.44. The van der Waals surface area contributed by atoms with E-state index in [0.717, 1.165) is 68.4 Å². The first-order chi connectivity index (χ1) is 16.8. The number of rotatable bonds is 10. The van der Waals surface area contributed by atoms with E-state index in [1.165, 1.54) is 0 Å². The number of Topliss-reactive ketones (excluding diaryl/α,β-unsaturated/α-hetero) is 1. The smallest absolute Gasteiger partial charge is 0.305 e. The van der Waals surface area contributed by atoms with Gasteiger partial charge in [0, 0.05) is 19.3 Å². The molecule has 2 heterocycles. The molecular weight excluding hydrogens is 474 g/mol. The van der Waals surface area contributed by atoms with Crippen LogP contribution in [0.15, 0.2) is 0 Å². The molecule has 35 heavy (non-hydrogen) atoms. The number of esters is 1. The number of carbonyl (C=O) groups is 2. The highest BCUT2D eigenvalue weighted by molar-refractivity contribution is 6.74. The van der Waals surface area contributed by atoms with Crippen molar-refractivity contribution in [2.24, 2.45) is 0 Å². The fraction of sp³-hybridized carbons (Fsp3) is 0.926. The second kappa shape index (κ2) is 14.4. The molecule has 3 atom stereocenters. The zero-order chi connectivity index (χ0) is 26.0. The van der Waals surface area contributed by atoms with Gasteiger partial charge in [-0.25, -0.2) is 0 Å². The first-order valence-electron chi connectivity index (χ1n) is 14.6. The van der Waals surface area contributed by atoms with Crippen LogP contribution in [0.25, 0.3) is 0 Å². The van der Waals surface area contributed by atoms with Crippen LogP contribution in [0, 0.1) is 0 Å². The summed E-state index contributed by atoms with van der Waals surface area (Å²) in [5.41, 5.74) is -0.542. The van der Waals surface area contributed by atoms with Gasteiger partial charge in [0.15, 0.2) is 22.4 Å².